The number of hydrogen-bond acceptors (Lipinski definition) is 4. The van der Waals surface area contributed by atoms with E-state index >= 15 is 0 Å². The number of carboxylic acids is 1. The number of aromatic nitrogens is 3. The van der Waals surface area contributed by atoms with Crippen molar-refractivity contribution in [3.63, 3.8) is 0 Å². The molecule has 0 bridgehead atoms. The molecule has 0 radical (unpaired) electrons. The molecule has 0 aliphatic rings. The van der Waals surface area contributed by atoms with Gasteiger partial charge in [0, 0.05) is 18.9 Å². The highest BCUT2D eigenvalue weighted by atomic mass is 16.4. The molecule has 0 amide bonds. The van der Waals surface area contributed by atoms with Crippen molar-refractivity contribution in [1.29, 1.82) is 0 Å². The summed E-state index contributed by atoms with van der Waals surface area (Å²) >= 11 is 0. The lowest BCUT2D eigenvalue weighted by Gasteiger charge is -2.17. The molecule has 6 nitrogen and oxygen atoms in total. The molecular weight excluding hydrogens is 232 g/mol. The molecule has 6 heteroatoms. The Labute approximate surface area is 105 Å². The monoisotopic (exact) mass is 248 g/mol. The highest BCUT2D eigenvalue weighted by Gasteiger charge is 2.21. The van der Waals surface area contributed by atoms with Gasteiger partial charge in [0.05, 0.1) is 12.1 Å². The molecule has 2 aromatic heterocycles. The maximum atomic E-state index is 11.1. The molecule has 0 aromatic carbocycles. The van der Waals surface area contributed by atoms with Gasteiger partial charge >= 0.3 is 5.97 Å². The topological polar surface area (TPSA) is 79.5 Å². The smallest absolute Gasteiger partial charge is 0.308 e. The normalized spacial score (nSPS) is 12.8. The lowest BCUT2D eigenvalue weighted by Crippen LogP contribution is -2.27. The van der Waals surface area contributed by atoms with Gasteiger partial charge in [-0.05, 0) is 12.0 Å². The lowest BCUT2D eigenvalue weighted by atomic mass is 9.96. The van der Waals surface area contributed by atoms with Crippen molar-refractivity contribution in [3.05, 3.63) is 24.7 Å². The third-order valence-electron chi connectivity index (χ3n) is 2.94. The summed E-state index contributed by atoms with van der Waals surface area (Å²) in [5, 5.41) is 16.3. The standard InChI is InChI=1S/C12H16N4O2/c1-8(2)9(12(17)18)7-14-11-10-3-4-15-16(10)6-5-13-11/h3-6,8-9H,7H2,1-2H3,(H,13,14)(H,17,18). The van der Waals surface area contributed by atoms with Crippen LogP contribution in [0.1, 0.15) is 13.8 Å². The molecular formula is C12H16N4O2. The highest BCUT2D eigenvalue weighted by Crippen LogP contribution is 2.16. The van der Waals surface area contributed by atoms with Crippen LogP contribution in [0.2, 0.25) is 0 Å². The third kappa shape index (κ3) is 2.42. The van der Waals surface area contributed by atoms with Gasteiger partial charge in [-0.1, -0.05) is 13.8 Å². The van der Waals surface area contributed by atoms with Crippen LogP contribution in [0, 0.1) is 11.8 Å². The van der Waals surface area contributed by atoms with E-state index in [2.05, 4.69) is 15.4 Å². The second-order valence-electron chi connectivity index (χ2n) is 4.51. The molecule has 96 valence electrons. The predicted molar refractivity (Wildman–Crippen MR) is 67.4 cm³/mol. The number of fused-ring (bicyclic) bond motifs is 1. The van der Waals surface area contributed by atoms with E-state index in [1.54, 1.807) is 23.1 Å². The molecule has 2 aromatic rings. The molecule has 2 rings (SSSR count). The minimum absolute atomic E-state index is 0.0691. The van der Waals surface area contributed by atoms with E-state index in [-0.39, 0.29) is 5.92 Å². The molecule has 18 heavy (non-hydrogen) atoms. The van der Waals surface area contributed by atoms with Crippen molar-refractivity contribution in [2.45, 2.75) is 13.8 Å². The van der Waals surface area contributed by atoms with Gasteiger partial charge in [-0.2, -0.15) is 5.10 Å². The number of rotatable bonds is 5. The van der Waals surface area contributed by atoms with Gasteiger partial charge in [0.2, 0.25) is 0 Å². The first kappa shape index (κ1) is 12.3. The summed E-state index contributed by atoms with van der Waals surface area (Å²) in [5.74, 6) is -0.505. The van der Waals surface area contributed by atoms with E-state index in [4.69, 9.17) is 5.11 Å². The van der Waals surface area contributed by atoms with E-state index in [0.717, 1.165) is 5.52 Å². The molecule has 2 heterocycles. The summed E-state index contributed by atoms with van der Waals surface area (Å²) in [6.07, 6.45) is 5.06. The molecule has 1 atom stereocenters. The molecule has 0 spiro atoms. The average Bonchev–Trinajstić information content (AvgIpc) is 2.77. The van der Waals surface area contributed by atoms with Gasteiger partial charge in [0.15, 0.2) is 5.82 Å². The Balaban J connectivity index is 2.14. The zero-order chi connectivity index (χ0) is 13.1. The average molecular weight is 248 g/mol. The third-order valence-corrected chi connectivity index (χ3v) is 2.94. The summed E-state index contributed by atoms with van der Waals surface area (Å²) < 4.78 is 1.69. The van der Waals surface area contributed by atoms with Crippen molar-refractivity contribution < 1.29 is 9.90 Å². The first-order chi connectivity index (χ1) is 8.59. The minimum atomic E-state index is -0.794. The first-order valence-electron chi connectivity index (χ1n) is 5.84. The SMILES string of the molecule is CC(C)C(CNc1nccn2nccc12)C(=O)O. The number of carbonyl (C=O) groups is 1. The van der Waals surface area contributed by atoms with Gasteiger partial charge in [-0.15, -0.1) is 0 Å². The van der Waals surface area contributed by atoms with Crippen LogP contribution >= 0.6 is 0 Å². The second kappa shape index (κ2) is 5.03. The highest BCUT2D eigenvalue weighted by molar-refractivity contribution is 5.72. The van der Waals surface area contributed by atoms with Crippen LogP contribution in [0.4, 0.5) is 5.82 Å². The first-order valence-corrected chi connectivity index (χ1v) is 5.84. The quantitative estimate of drug-likeness (QED) is 0.838. The summed E-state index contributed by atoms with van der Waals surface area (Å²) in [7, 11) is 0. The Kier molecular flexibility index (Phi) is 3.45. The molecule has 0 saturated heterocycles. The fourth-order valence-corrected chi connectivity index (χ4v) is 1.81. The van der Waals surface area contributed by atoms with E-state index < -0.39 is 11.9 Å². The Hall–Kier alpha value is -2.11. The maximum absolute atomic E-state index is 11.1. The number of hydrogen-bond donors (Lipinski definition) is 2. The summed E-state index contributed by atoms with van der Waals surface area (Å²) in [6, 6.07) is 1.83. The Morgan fingerprint density at radius 1 is 1.50 bits per heavy atom. The lowest BCUT2D eigenvalue weighted by molar-refractivity contribution is -0.142. The fourth-order valence-electron chi connectivity index (χ4n) is 1.81. The summed E-state index contributed by atoms with van der Waals surface area (Å²) in [6.45, 7) is 4.14. The fraction of sp³-hybridized carbons (Fsp3) is 0.417. The number of nitrogens with zero attached hydrogens (tertiary/aromatic N) is 3. The summed E-state index contributed by atoms with van der Waals surface area (Å²) in [4.78, 5) is 15.3. The largest absolute Gasteiger partial charge is 0.481 e. The molecule has 2 N–H and O–H groups in total. The van der Waals surface area contributed by atoms with Crippen LogP contribution in [-0.4, -0.2) is 32.2 Å². The summed E-state index contributed by atoms with van der Waals surface area (Å²) in [5.41, 5.74) is 0.838. The minimum Gasteiger partial charge on any atom is -0.481 e. The van der Waals surface area contributed by atoms with Crippen molar-refractivity contribution >= 4 is 17.3 Å². The Bertz CT molecular complexity index is 550. The van der Waals surface area contributed by atoms with Gasteiger partial charge in [0.25, 0.3) is 0 Å². The predicted octanol–water partition coefficient (Wildman–Crippen LogP) is 1.50. The van der Waals surface area contributed by atoms with Crippen LogP contribution in [-0.2, 0) is 4.79 Å². The number of aliphatic carboxylic acids is 1. The number of anilines is 1. The van der Waals surface area contributed by atoms with E-state index in [1.807, 2.05) is 19.9 Å². The molecule has 0 aliphatic heterocycles. The van der Waals surface area contributed by atoms with E-state index in [9.17, 15) is 4.79 Å². The second-order valence-corrected chi connectivity index (χ2v) is 4.51. The molecule has 0 fully saturated rings. The van der Waals surface area contributed by atoms with Crippen LogP contribution < -0.4 is 5.32 Å². The Morgan fingerprint density at radius 2 is 2.28 bits per heavy atom. The maximum Gasteiger partial charge on any atom is 0.308 e. The van der Waals surface area contributed by atoms with Gasteiger partial charge in [-0.25, -0.2) is 9.50 Å². The van der Waals surface area contributed by atoms with Gasteiger partial charge in [0.1, 0.15) is 5.52 Å². The zero-order valence-corrected chi connectivity index (χ0v) is 10.4. The number of carboxylic acid groups (broad SMARTS) is 1. The number of nitrogens with one attached hydrogen (secondary N) is 1. The van der Waals surface area contributed by atoms with Crippen molar-refractivity contribution in [2.24, 2.45) is 11.8 Å². The van der Waals surface area contributed by atoms with Gasteiger partial charge in [-0.3, -0.25) is 4.79 Å². The van der Waals surface area contributed by atoms with E-state index in [0.29, 0.717) is 12.4 Å². The Morgan fingerprint density at radius 3 is 2.94 bits per heavy atom. The van der Waals surface area contributed by atoms with E-state index in [1.165, 1.54) is 0 Å². The van der Waals surface area contributed by atoms with Crippen LogP contribution in [0.15, 0.2) is 24.7 Å². The zero-order valence-electron chi connectivity index (χ0n) is 10.4. The van der Waals surface area contributed by atoms with Gasteiger partial charge < -0.3 is 10.4 Å². The van der Waals surface area contributed by atoms with Crippen molar-refractivity contribution in [1.82, 2.24) is 14.6 Å². The van der Waals surface area contributed by atoms with Crippen LogP contribution in [0.5, 0.6) is 0 Å². The van der Waals surface area contributed by atoms with Crippen molar-refractivity contribution in [2.75, 3.05) is 11.9 Å². The van der Waals surface area contributed by atoms with Crippen LogP contribution in [0.3, 0.4) is 0 Å². The molecule has 1 unspecified atom stereocenters. The molecule has 0 aliphatic carbocycles. The van der Waals surface area contributed by atoms with Crippen molar-refractivity contribution in [3.8, 4) is 0 Å². The molecule has 0 saturated carbocycles. The van der Waals surface area contributed by atoms with Crippen LogP contribution in [0.25, 0.3) is 5.52 Å².